The number of hydrogen-bond donors (Lipinski definition) is 0. The molecule has 3 aromatic rings. The molecule has 0 saturated carbocycles. The second kappa shape index (κ2) is 8.04. The van der Waals surface area contributed by atoms with Gasteiger partial charge in [0.05, 0.1) is 23.0 Å². The van der Waals surface area contributed by atoms with Gasteiger partial charge in [-0.15, -0.1) is 0 Å². The van der Waals surface area contributed by atoms with Crippen molar-refractivity contribution in [2.75, 3.05) is 7.11 Å². The quantitative estimate of drug-likeness (QED) is 0.345. The lowest BCUT2D eigenvalue weighted by molar-refractivity contribution is -0.384. The van der Waals surface area contributed by atoms with Crippen LogP contribution >= 0.6 is 0 Å². The monoisotopic (exact) mass is 381 g/mol. The molecule has 0 N–H and O–H groups in total. The standard InChI is InChI=1S/C21H19NO6/c1-3-15(23)12-17(13-8-10-14(11-9-13)22(25)26)19-20(27-2)16-6-4-5-7-18(16)28-21(19)24/h4-11,17H,3,12H2,1-2H3/t17-/m1/s1. The molecule has 0 radical (unpaired) electrons. The van der Waals surface area contributed by atoms with Gasteiger partial charge in [0, 0.05) is 30.9 Å². The fourth-order valence-electron chi connectivity index (χ4n) is 3.24. The van der Waals surface area contributed by atoms with Crippen LogP contribution in [-0.4, -0.2) is 17.8 Å². The van der Waals surface area contributed by atoms with E-state index in [0.717, 1.165) is 0 Å². The molecule has 0 saturated heterocycles. The van der Waals surface area contributed by atoms with Gasteiger partial charge in [0.2, 0.25) is 0 Å². The average molecular weight is 381 g/mol. The number of non-ortho nitro benzene ring substituents is 1. The number of carbonyl (C=O) groups is 1. The SMILES string of the molecule is CCC(=O)C[C@H](c1ccc([N+](=O)[O-])cc1)c1c(OC)c2ccccc2oc1=O. The van der Waals surface area contributed by atoms with Crippen LogP contribution in [0.15, 0.2) is 57.7 Å². The molecule has 1 aromatic heterocycles. The van der Waals surface area contributed by atoms with E-state index in [1.807, 2.05) is 0 Å². The first-order chi connectivity index (χ1) is 13.5. The van der Waals surface area contributed by atoms with E-state index < -0.39 is 16.5 Å². The number of ether oxygens (including phenoxy) is 1. The Balaban J connectivity index is 2.23. The summed E-state index contributed by atoms with van der Waals surface area (Å²) in [5.74, 6) is -0.332. The van der Waals surface area contributed by atoms with Gasteiger partial charge in [0.1, 0.15) is 17.1 Å². The molecule has 2 aromatic carbocycles. The Morgan fingerprint density at radius 3 is 2.46 bits per heavy atom. The summed E-state index contributed by atoms with van der Waals surface area (Å²) in [5.41, 5.74) is 0.562. The normalized spacial score (nSPS) is 11.9. The molecular weight excluding hydrogens is 362 g/mol. The summed E-state index contributed by atoms with van der Waals surface area (Å²) < 4.78 is 11.0. The molecule has 7 heteroatoms. The fraction of sp³-hybridized carbons (Fsp3) is 0.238. The summed E-state index contributed by atoms with van der Waals surface area (Å²) in [5, 5.41) is 11.6. The highest BCUT2D eigenvalue weighted by Crippen LogP contribution is 2.37. The molecule has 3 rings (SSSR count). The third-order valence-corrected chi connectivity index (χ3v) is 4.68. The van der Waals surface area contributed by atoms with Crippen LogP contribution in [0.5, 0.6) is 5.75 Å². The first-order valence-electron chi connectivity index (χ1n) is 8.82. The molecule has 1 heterocycles. The van der Waals surface area contributed by atoms with Gasteiger partial charge in [0.15, 0.2) is 0 Å². The fourth-order valence-corrected chi connectivity index (χ4v) is 3.24. The molecule has 7 nitrogen and oxygen atoms in total. The van der Waals surface area contributed by atoms with Gasteiger partial charge in [-0.2, -0.15) is 0 Å². The topological polar surface area (TPSA) is 99.7 Å². The predicted octanol–water partition coefficient (Wildman–Crippen LogP) is 4.21. The van der Waals surface area contributed by atoms with Crippen LogP contribution < -0.4 is 10.4 Å². The van der Waals surface area contributed by atoms with Gasteiger partial charge >= 0.3 is 5.63 Å². The Morgan fingerprint density at radius 1 is 1.18 bits per heavy atom. The second-order valence-electron chi connectivity index (χ2n) is 6.33. The molecular formula is C21H19NO6. The zero-order valence-electron chi connectivity index (χ0n) is 15.5. The number of carbonyl (C=O) groups excluding carboxylic acids is 1. The Labute approximate surface area is 160 Å². The molecule has 0 aliphatic carbocycles. The molecule has 0 aliphatic heterocycles. The number of Topliss-reactive ketones (excluding diaryl/α,β-unsaturated/α-hetero) is 1. The molecule has 144 valence electrons. The van der Waals surface area contributed by atoms with Crippen molar-refractivity contribution in [3.8, 4) is 5.75 Å². The van der Waals surface area contributed by atoms with E-state index in [1.54, 1.807) is 43.3 Å². The van der Waals surface area contributed by atoms with Crippen molar-refractivity contribution in [2.24, 2.45) is 0 Å². The summed E-state index contributed by atoms with van der Waals surface area (Å²) >= 11 is 0. The maximum Gasteiger partial charge on any atom is 0.343 e. The number of benzene rings is 2. The van der Waals surface area contributed by atoms with Crippen LogP contribution in [0.4, 0.5) is 5.69 Å². The lowest BCUT2D eigenvalue weighted by Gasteiger charge is -2.19. The number of hydrogen-bond acceptors (Lipinski definition) is 6. The predicted molar refractivity (Wildman–Crippen MR) is 104 cm³/mol. The smallest absolute Gasteiger partial charge is 0.343 e. The van der Waals surface area contributed by atoms with Crippen molar-refractivity contribution >= 4 is 22.4 Å². The van der Waals surface area contributed by atoms with Crippen LogP contribution in [0, 0.1) is 10.1 Å². The number of para-hydroxylation sites is 1. The molecule has 0 amide bonds. The average Bonchev–Trinajstić information content (AvgIpc) is 2.71. The molecule has 28 heavy (non-hydrogen) atoms. The van der Waals surface area contributed by atoms with Crippen LogP contribution in [0.2, 0.25) is 0 Å². The van der Waals surface area contributed by atoms with Crippen molar-refractivity contribution in [2.45, 2.75) is 25.7 Å². The van der Waals surface area contributed by atoms with Gasteiger partial charge in [-0.25, -0.2) is 4.79 Å². The third kappa shape index (κ3) is 3.64. The van der Waals surface area contributed by atoms with E-state index in [4.69, 9.17) is 9.15 Å². The highest BCUT2D eigenvalue weighted by molar-refractivity contribution is 5.86. The minimum Gasteiger partial charge on any atom is -0.495 e. The van der Waals surface area contributed by atoms with E-state index in [1.165, 1.54) is 19.2 Å². The van der Waals surface area contributed by atoms with E-state index in [0.29, 0.717) is 28.7 Å². The van der Waals surface area contributed by atoms with E-state index >= 15 is 0 Å². The lowest BCUT2D eigenvalue weighted by atomic mass is 9.86. The molecule has 0 bridgehead atoms. The highest BCUT2D eigenvalue weighted by atomic mass is 16.6. The number of methoxy groups -OCH3 is 1. The molecule has 1 atom stereocenters. The third-order valence-electron chi connectivity index (χ3n) is 4.68. The summed E-state index contributed by atoms with van der Waals surface area (Å²) in [7, 11) is 1.46. The largest absolute Gasteiger partial charge is 0.495 e. The maximum absolute atomic E-state index is 12.8. The number of rotatable bonds is 7. The van der Waals surface area contributed by atoms with Crippen molar-refractivity contribution in [3.63, 3.8) is 0 Å². The van der Waals surface area contributed by atoms with Gasteiger partial charge in [-0.05, 0) is 17.7 Å². The van der Waals surface area contributed by atoms with Gasteiger partial charge < -0.3 is 9.15 Å². The van der Waals surface area contributed by atoms with Crippen molar-refractivity contribution in [1.29, 1.82) is 0 Å². The minimum atomic E-state index is -0.635. The van der Waals surface area contributed by atoms with Crippen LogP contribution in [0.1, 0.15) is 36.8 Å². The minimum absolute atomic E-state index is 0.0436. The highest BCUT2D eigenvalue weighted by Gasteiger charge is 2.27. The van der Waals surface area contributed by atoms with Crippen molar-refractivity contribution in [3.05, 3.63) is 80.2 Å². The van der Waals surface area contributed by atoms with Gasteiger partial charge in [-0.3, -0.25) is 14.9 Å². The molecule has 0 fully saturated rings. The Morgan fingerprint density at radius 2 is 1.86 bits per heavy atom. The number of nitro groups is 1. The lowest BCUT2D eigenvalue weighted by Crippen LogP contribution is -2.18. The summed E-state index contributed by atoms with van der Waals surface area (Å²) in [6.45, 7) is 1.75. The van der Waals surface area contributed by atoms with Crippen molar-refractivity contribution in [1.82, 2.24) is 0 Å². The molecule has 0 aliphatic rings. The van der Waals surface area contributed by atoms with E-state index in [-0.39, 0.29) is 23.5 Å². The van der Waals surface area contributed by atoms with Crippen LogP contribution in [0.25, 0.3) is 11.0 Å². The summed E-state index contributed by atoms with van der Waals surface area (Å²) in [6, 6.07) is 12.8. The first kappa shape index (κ1) is 19.3. The number of nitro benzene ring substituents is 1. The first-order valence-corrected chi connectivity index (χ1v) is 8.82. The molecule has 0 unspecified atom stereocenters. The Kier molecular flexibility index (Phi) is 5.54. The zero-order chi connectivity index (χ0) is 20.3. The van der Waals surface area contributed by atoms with Gasteiger partial charge in [0.25, 0.3) is 5.69 Å². The molecule has 0 spiro atoms. The van der Waals surface area contributed by atoms with Crippen LogP contribution in [-0.2, 0) is 4.79 Å². The number of ketones is 1. The van der Waals surface area contributed by atoms with E-state index in [2.05, 4.69) is 0 Å². The van der Waals surface area contributed by atoms with E-state index in [9.17, 15) is 19.7 Å². The summed E-state index contributed by atoms with van der Waals surface area (Å²) in [4.78, 5) is 35.5. The Bertz CT molecular complexity index is 1080. The zero-order valence-corrected chi connectivity index (χ0v) is 15.5. The number of nitrogens with zero attached hydrogens (tertiary/aromatic N) is 1. The van der Waals surface area contributed by atoms with Crippen molar-refractivity contribution < 1.29 is 18.9 Å². The summed E-state index contributed by atoms with van der Waals surface area (Å²) in [6.07, 6.45) is 0.373. The second-order valence-corrected chi connectivity index (χ2v) is 6.33. The Hall–Kier alpha value is -3.48. The van der Waals surface area contributed by atoms with Crippen LogP contribution in [0.3, 0.4) is 0 Å². The number of fused-ring (bicyclic) bond motifs is 1. The maximum atomic E-state index is 12.8. The van der Waals surface area contributed by atoms with Gasteiger partial charge in [-0.1, -0.05) is 31.2 Å².